The predicted molar refractivity (Wildman–Crippen MR) is 93.3 cm³/mol. The lowest BCUT2D eigenvalue weighted by Gasteiger charge is -2.30. The SMILES string of the molecule is Nc1cc(N)nc(SC(C(=O)N2CCOCC2)c2ccccc2)n1. The number of anilines is 2. The fraction of sp³-hybridized carbons (Fsp3) is 0.312. The zero-order valence-corrected chi connectivity index (χ0v) is 13.9. The number of benzene rings is 1. The Morgan fingerprint density at radius 3 is 2.38 bits per heavy atom. The number of nitrogens with two attached hydrogens (primary N) is 2. The molecule has 0 spiro atoms. The minimum Gasteiger partial charge on any atom is -0.383 e. The standard InChI is InChI=1S/C16H19N5O2S/c17-12-10-13(18)20-16(19-12)24-14(11-4-2-1-3-5-11)15(22)21-6-8-23-9-7-21/h1-5,10,14H,6-9H2,(H4,17,18,19,20). The zero-order chi connectivity index (χ0) is 16.9. The van der Waals surface area contributed by atoms with Gasteiger partial charge >= 0.3 is 0 Å². The van der Waals surface area contributed by atoms with E-state index in [0.29, 0.717) is 31.5 Å². The van der Waals surface area contributed by atoms with Crippen LogP contribution in [-0.4, -0.2) is 47.1 Å². The second-order valence-electron chi connectivity index (χ2n) is 5.35. The molecule has 4 N–H and O–H groups in total. The van der Waals surface area contributed by atoms with Crippen LogP contribution in [-0.2, 0) is 9.53 Å². The van der Waals surface area contributed by atoms with Gasteiger partial charge in [0.25, 0.3) is 0 Å². The Morgan fingerprint density at radius 2 is 1.75 bits per heavy atom. The van der Waals surface area contributed by atoms with Gasteiger partial charge < -0.3 is 21.1 Å². The smallest absolute Gasteiger partial charge is 0.240 e. The summed E-state index contributed by atoms with van der Waals surface area (Å²) in [5.41, 5.74) is 12.4. The lowest BCUT2D eigenvalue weighted by molar-refractivity contribution is -0.134. The molecule has 2 aromatic rings. The summed E-state index contributed by atoms with van der Waals surface area (Å²) < 4.78 is 5.33. The monoisotopic (exact) mass is 345 g/mol. The van der Waals surface area contributed by atoms with Crippen LogP contribution in [0.3, 0.4) is 0 Å². The van der Waals surface area contributed by atoms with E-state index in [1.54, 1.807) is 0 Å². The van der Waals surface area contributed by atoms with Crippen LogP contribution < -0.4 is 11.5 Å². The maximum Gasteiger partial charge on any atom is 0.240 e. The van der Waals surface area contributed by atoms with Crippen LogP contribution in [0, 0.1) is 0 Å². The molecule has 7 nitrogen and oxygen atoms in total. The van der Waals surface area contributed by atoms with E-state index in [2.05, 4.69) is 9.97 Å². The molecular weight excluding hydrogens is 326 g/mol. The molecule has 1 aliphatic heterocycles. The molecule has 1 saturated heterocycles. The first kappa shape index (κ1) is 16.5. The van der Waals surface area contributed by atoms with Gasteiger partial charge in [-0.05, 0) is 5.56 Å². The Labute approximate surface area is 144 Å². The Morgan fingerprint density at radius 1 is 1.12 bits per heavy atom. The van der Waals surface area contributed by atoms with E-state index in [0.717, 1.165) is 5.56 Å². The number of carbonyl (C=O) groups is 1. The molecule has 0 bridgehead atoms. The first-order valence-corrected chi connectivity index (χ1v) is 8.49. The summed E-state index contributed by atoms with van der Waals surface area (Å²) in [6.07, 6.45) is 0. The maximum atomic E-state index is 13.0. The second-order valence-corrected chi connectivity index (χ2v) is 6.42. The molecule has 3 rings (SSSR count). The van der Waals surface area contributed by atoms with E-state index in [9.17, 15) is 4.79 Å². The van der Waals surface area contributed by atoms with Crippen molar-refractivity contribution in [3.63, 3.8) is 0 Å². The van der Waals surface area contributed by atoms with Crippen molar-refractivity contribution in [1.29, 1.82) is 0 Å². The van der Waals surface area contributed by atoms with Gasteiger partial charge in [-0.25, -0.2) is 9.97 Å². The number of rotatable bonds is 4. The quantitative estimate of drug-likeness (QED) is 0.636. The van der Waals surface area contributed by atoms with Crippen molar-refractivity contribution in [2.75, 3.05) is 37.8 Å². The van der Waals surface area contributed by atoms with Gasteiger partial charge in [0.2, 0.25) is 5.91 Å². The largest absolute Gasteiger partial charge is 0.383 e. The minimum atomic E-state index is -0.453. The lowest BCUT2D eigenvalue weighted by Crippen LogP contribution is -2.42. The van der Waals surface area contributed by atoms with Crippen molar-refractivity contribution in [2.45, 2.75) is 10.4 Å². The third-order valence-electron chi connectivity index (χ3n) is 3.62. The highest BCUT2D eigenvalue weighted by Gasteiger charge is 2.29. The molecular formula is C16H19N5O2S. The van der Waals surface area contributed by atoms with Gasteiger partial charge in [-0.15, -0.1) is 0 Å². The van der Waals surface area contributed by atoms with E-state index in [4.69, 9.17) is 16.2 Å². The number of aromatic nitrogens is 2. The summed E-state index contributed by atoms with van der Waals surface area (Å²) in [4.78, 5) is 23.2. The molecule has 2 heterocycles. The van der Waals surface area contributed by atoms with Gasteiger partial charge in [-0.1, -0.05) is 42.1 Å². The van der Waals surface area contributed by atoms with Crippen molar-refractivity contribution in [3.05, 3.63) is 42.0 Å². The van der Waals surface area contributed by atoms with Crippen molar-refractivity contribution in [3.8, 4) is 0 Å². The van der Waals surface area contributed by atoms with Crippen LogP contribution in [0.1, 0.15) is 10.8 Å². The molecule has 0 saturated carbocycles. The summed E-state index contributed by atoms with van der Waals surface area (Å²) >= 11 is 1.26. The normalized spacial score (nSPS) is 15.9. The predicted octanol–water partition coefficient (Wildman–Crippen LogP) is 1.33. The van der Waals surface area contributed by atoms with E-state index in [1.165, 1.54) is 17.8 Å². The number of carbonyl (C=O) groups excluding carboxylic acids is 1. The van der Waals surface area contributed by atoms with Gasteiger partial charge in [0.1, 0.15) is 16.9 Å². The van der Waals surface area contributed by atoms with Gasteiger partial charge in [-0.3, -0.25) is 4.79 Å². The Hall–Kier alpha value is -2.32. The summed E-state index contributed by atoms with van der Waals surface area (Å²) in [5, 5.41) is -0.0616. The lowest BCUT2D eigenvalue weighted by atomic mass is 10.1. The van der Waals surface area contributed by atoms with Crippen molar-refractivity contribution >= 4 is 29.3 Å². The average molecular weight is 345 g/mol. The Balaban J connectivity index is 1.88. The summed E-state index contributed by atoms with van der Waals surface area (Å²) in [7, 11) is 0. The molecule has 0 aliphatic carbocycles. The number of ether oxygens (including phenoxy) is 1. The fourth-order valence-electron chi connectivity index (χ4n) is 2.46. The number of nitrogens with zero attached hydrogens (tertiary/aromatic N) is 3. The molecule has 126 valence electrons. The number of hydrogen-bond donors (Lipinski definition) is 2. The van der Waals surface area contributed by atoms with Crippen molar-refractivity contribution < 1.29 is 9.53 Å². The van der Waals surface area contributed by atoms with E-state index in [1.807, 2.05) is 35.2 Å². The van der Waals surface area contributed by atoms with Crippen molar-refractivity contribution in [2.24, 2.45) is 0 Å². The molecule has 1 aliphatic rings. The molecule has 8 heteroatoms. The number of nitrogen functional groups attached to an aromatic ring is 2. The Kier molecular flexibility index (Phi) is 5.17. The summed E-state index contributed by atoms with van der Waals surface area (Å²) in [5.74, 6) is 0.588. The highest BCUT2D eigenvalue weighted by atomic mass is 32.2. The maximum absolute atomic E-state index is 13.0. The zero-order valence-electron chi connectivity index (χ0n) is 13.1. The summed E-state index contributed by atoms with van der Waals surface area (Å²) in [6, 6.07) is 11.1. The van der Waals surface area contributed by atoms with Crippen LogP contribution in [0.4, 0.5) is 11.6 Å². The number of thioether (sulfide) groups is 1. The van der Waals surface area contributed by atoms with Gasteiger partial charge in [-0.2, -0.15) is 0 Å². The van der Waals surface area contributed by atoms with Crippen LogP contribution in [0.15, 0.2) is 41.6 Å². The molecule has 1 aromatic heterocycles. The molecule has 24 heavy (non-hydrogen) atoms. The molecule has 1 unspecified atom stereocenters. The highest BCUT2D eigenvalue weighted by molar-refractivity contribution is 8.00. The number of amides is 1. The molecule has 1 aromatic carbocycles. The summed E-state index contributed by atoms with van der Waals surface area (Å²) in [6.45, 7) is 2.28. The number of hydrogen-bond acceptors (Lipinski definition) is 7. The van der Waals surface area contributed by atoms with Crippen LogP contribution in [0.25, 0.3) is 0 Å². The number of morpholine rings is 1. The molecule has 1 amide bonds. The first-order valence-electron chi connectivity index (χ1n) is 7.61. The molecule has 1 atom stereocenters. The third-order valence-corrected chi connectivity index (χ3v) is 4.72. The van der Waals surface area contributed by atoms with E-state index < -0.39 is 5.25 Å². The van der Waals surface area contributed by atoms with Crippen LogP contribution >= 0.6 is 11.8 Å². The minimum absolute atomic E-state index is 0.0131. The highest BCUT2D eigenvalue weighted by Crippen LogP contribution is 2.35. The molecule has 0 radical (unpaired) electrons. The van der Waals surface area contributed by atoms with Crippen molar-refractivity contribution in [1.82, 2.24) is 14.9 Å². The van der Waals surface area contributed by atoms with E-state index >= 15 is 0 Å². The second kappa shape index (κ2) is 7.50. The van der Waals surface area contributed by atoms with Crippen LogP contribution in [0.5, 0.6) is 0 Å². The molecule has 1 fully saturated rings. The van der Waals surface area contributed by atoms with Gasteiger partial charge in [0.15, 0.2) is 5.16 Å². The van der Waals surface area contributed by atoms with Gasteiger partial charge in [0.05, 0.1) is 13.2 Å². The third kappa shape index (κ3) is 3.95. The van der Waals surface area contributed by atoms with Crippen LogP contribution in [0.2, 0.25) is 0 Å². The average Bonchev–Trinajstić information content (AvgIpc) is 2.60. The fourth-order valence-corrected chi connectivity index (χ4v) is 3.53. The Bertz CT molecular complexity index is 687. The van der Waals surface area contributed by atoms with Gasteiger partial charge in [0, 0.05) is 19.2 Å². The topological polar surface area (TPSA) is 107 Å². The van der Waals surface area contributed by atoms with E-state index in [-0.39, 0.29) is 17.5 Å². The first-order chi connectivity index (χ1) is 11.6.